The minimum absolute atomic E-state index is 0.586. The van der Waals surface area contributed by atoms with Crippen molar-refractivity contribution in [3.8, 4) is 0 Å². The SMILES string of the molecule is CC(C)(C)C1C2CC3C(C2)C31.CC(C)(C)C1C2CC3C(C2)C31.CC(C)(C)C1C2CCC1CC2. The van der Waals surface area contributed by atoms with E-state index in [0.29, 0.717) is 16.2 Å². The van der Waals surface area contributed by atoms with Crippen LogP contribution < -0.4 is 0 Å². The lowest BCUT2D eigenvalue weighted by Gasteiger charge is -2.31. The maximum absolute atomic E-state index is 2.44. The van der Waals surface area contributed by atoms with Crippen LogP contribution in [-0.2, 0) is 0 Å². The fraction of sp³-hybridized carbons (Fsp3) is 1.00. The van der Waals surface area contributed by atoms with Gasteiger partial charge in [-0.15, -0.1) is 0 Å². The molecule has 0 aromatic heterocycles. The molecule has 0 aliphatic heterocycles. The van der Waals surface area contributed by atoms with Crippen molar-refractivity contribution < 1.29 is 0 Å². The van der Waals surface area contributed by atoms with Crippen molar-refractivity contribution in [3.63, 3.8) is 0 Å². The minimum Gasteiger partial charge on any atom is -0.0599 e. The molecule has 0 aromatic carbocycles. The fourth-order valence-electron chi connectivity index (χ4n) is 12.4. The van der Waals surface area contributed by atoms with Crippen LogP contribution in [0.2, 0.25) is 0 Å². The van der Waals surface area contributed by atoms with Gasteiger partial charge in [0.15, 0.2) is 0 Å². The molecule has 0 aromatic rings. The van der Waals surface area contributed by atoms with Gasteiger partial charge in [0, 0.05) is 0 Å². The second kappa shape index (κ2) is 7.28. The maximum atomic E-state index is 2.44. The smallest absolute Gasteiger partial charge is 0.0303 e. The van der Waals surface area contributed by atoms with Crippen LogP contribution in [0, 0.1) is 93.2 Å². The molecule has 0 heteroatoms. The average molecular weight is 453 g/mol. The lowest BCUT2D eigenvalue weighted by molar-refractivity contribution is 0.182. The highest BCUT2D eigenvalue weighted by Crippen LogP contribution is 2.77. The molecule has 10 fully saturated rings. The van der Waals surface area contributed by atoms with Crippen molar-refractivity contribution in [2.24, 2.45) is 93.2 Å². The summed E-state index contributed by atoms with van der Waals surface area (Å²) >= 11 is 0. The first-order valence-corrected chi connectivity index (χ1v) is 15.3. The van der Waals surface area contributed by atoms with Gasteiger partial charge in [-0.3, -0.25) is 0 Å². The van der Waals surface area contributed by atoms with Gasteiger partial charge < -0.3 is 0 Å². The number of fused-ring (bicyclic) bond motifs is 2. The second-order valence-corrected chi connectivity index (χ2v) is 17.6. The molecule has 0 nitrogen and oxygen atoms in total. The molecule has 0 N–H and O–H groups in total. The molecule has 0 heterocycles. The molecule has 10 rings (SSSR count). The minimum atomic E-state index is 0.586. The Morgan fingerprint density at radius 1 is 0.364 bits per heavy atom. The van der Waals surface area contributed by atoms with E-state index in [2.05, 4.69) is 62.3 Å². The molecule has 33 heavy (non-hydrogen) atoms. The Balaban J connectivity index is 0.0000000938. The Morgan fingerprint density at radius 2 is 0.636 bits per heavy atom. The van der Waals surface area contributed by atoms with E-state index in [0.717, 1.165) is 41.4 Å². The molecular weight excluding hydrogens is 396 g/mol. The van der Waals surface area contributed by atoms with E-state index >= 15 is 0 Å². The van der Waals surface area contributed by atoms with Crippen molar-refractivity contribution in [1.82, 2.24) is 0 Å². The zero-order valence-corrected chi connectivity index (χ0v) is 23.7. The zero-order chi connectivity index (χ0) is 23.7. The lowest BCUT2D eigenvalue weighted by Crippen LogP contribution is -2.24. The Kier molecular flexibility index (Phi) is 5.16. The molecule has 10 saturated carbocycles. The molecule has 6 unspecified atom stereocenters. The predicted molar refractivity (Wildman–Crippen MR) is 141 cm³/mol. The van der Waals surface area contributed by atoms with Gasteiger partial charge in [-0.2, -0.15) is 0 Å². The third-order valence-corrected chi connectivity index (χ3v) is 12.8. The largest absolute Gasteiger partial charge is 0.0599 e. The average Bonchev–Trinajstić information content (AvgIpc) is 3.36. The van der Waals surface area contributed by atoms with E-state index in [1.165, 1.54) is 61.2 Å². The van der Waals surface area contributed by atoms with Crippen molar-refractivity contribution in [3.05, 3.63) is 0 Å². The van der Waals surface area contributed by atoms with Crippen LogP contribution in [0.5, 0.6) is 0 Å². The summed E-state index contributed by atoms with van der Waals surface area (Å²) in [6.45, 7) is 21.9. The summed E-state index contributed by atoms with van der Waals surface area (Å²) in [7, 11) is 0. The van der Waals surface area contributed by atoms with E-state index in [4.69, 9.17) is 0 Å². The Morgan fingerprint density at radius 3 is 0.758 bits per heavy atom. The third-order valence-electron chi connectivity index (χ3n) is 12.8. The third kappa shape index (κ3) is 3.72. The van der Waals surface area contributed by atoms with Gasteiger partial charge in [0.05, 0.1) is 0 Å². The van der Waals surface area contributed by atoms with Crippen molar-refractivity contribution >= 4 is 0 Å². The molecule has 10 aliphatic carbocycles. The first-order chi connectivity index (χ1) is 15.3. The first kappa shape index (κ1) is 23.4. The summed E-state index contributed by atoms with van der Waals surface area (Å²) in [5, 5.41) is 0. The van der Waals surface area contributed by atoms with E-state index < -0.39 is 0 Å². The fourth-order valence-corrected chi connectivity index (χ4v) is 12.4. The van der Waals surface area contributed by atoms with Gasteiger partial charge in [0.25, 0.3) is 0 Å². The summed E-state index contributed by atoms with van der Waals surface area (Å²) in [4.78, 5) is 0. The normalized spacial score (nSPS) is 53.5. The van der Waals surface area contributed by atoms with Crippen molar-refractivity contribution in [2.45, 2.75) is 114 Å². The van der Waals surface area contributed by atoms with Gasteiger partial charge in [0.2, 0.25) is 0 Å². The molecular formula is C33H56. The maximum Gasteiger partial charge on any atom is -0.0303 e. The quantitative estimate of drug-likeness (QED) is 0.343. The Hall–Kier alpha value is 0. The van der Waals surface area contributed by atoms with Gasteiger partial charge >= 0.3 is 0 Å². The lowest BCUT2D eigenvalue weighted by atomic mass is 9.75. The summed E-state index contributed by atoms with van der Waals surface area (Å²) in [6, 6.07) is 0. The van der Waals surface area contributed by atoms with Crippen LogP contribution in [0.1, 0.15) is 114 Å². The molecule has 0 spiro atoms. The Labute approximate surface area is 206 Å². The summed E-state index contributed by atoms with van der Waals surface area (Å²) in [5.41, 5.74) is 1.80. The highest BCUT2D eigenvalue weighted by atomic mass is 14.8. The van der Waals surface area contributed by atoms with Gasteiger partial charge in [-0.05, 0) is 145 Å². The molecule has 188 valence electrons. The van der Waals surface area contributed by atoms with Crippen LogP contribution in [0.25, 0.3) is 0 Å². The van der Waals surface area contributed by atoms with E-state index in [9.17, 15) is 0 Å². The van der Waals surface area contributed by atoms with E-state index in [1.54, 1.807) is 25.7 Å². The molecule has 0 radical (unpaired) electrons. The molecule has 0 amide bonds. The number of hydrogen-bond donors (Lipinski definition) is 0. The molecule has 10 aliphatic rings. The van der Waals surface area contributed by atoms with Crippen LogP contribution >= 0.6 is 0 Å². The molecule has 0 saturated heterocycles. The van der Waals surface area contributed by atoms with E-state index in [1.807, 2.05) is 0 Å². The monoisotopic (exact) mass is 452 g/mol. The summed E-state index contributed by atoms with van der Waals surface area (Å²) in [6.07, 6.45) is 12.5. The van der Waals surface area contributed by atoms with Gasteiger partial charge in [-0.25, -0.2) is 0 Å². The molecule has 10 bridgehead atoms. The summed E-state index contributed by atoms with van der Waals surface area (Å²) < 4.78 is 0. The van der Waals surface area contributed by atoms with Gasteiger partial charge in [-0.1, -0.05) is 62.3 Å². The molecule has 6 atom stereocenters. The topological polar surface area (TPSA) is 0 Å². The van der Waals surface area contributed by atoms with E-state index in [-0.39, 0.29) is 0 Å². The number of rotatable bonds is 0. The van der Waals surface area contributed by atoms with Gasteiger partial charge in [0.1, 0.15) is 0 Å². The van der Waals surface area contributed by atoms with Crippen LogP contribution in [-0.4, -0.2) is 0 Å². The van der Waals surface area contributed by atoms with Crippen molar-refractivity contribution in [1.29, 1.82) is 0 Å². The first-order valence-electron chi connectivity index (χ1n) is 15.3. The van der Waals surface area contributed by atoms with Crippen molar-refractivity contribution in [2.75, 3.05) is 0 Å². The number of hydrogen-bond acceptors (Lipinski definition) is 0. The predicted octanol–water partition coefficient (Wildman–Crippen LogP) is 9.34. The Bertz CT molecular complexity index is 636. The standard InChI is InChI=1S/2C11H18.C11H20/c2*1-11(2,3)10-6-4-7-8(5-6)9(7)10;1-11(2,3)10-8-4-5-9(10)7-6-8/h2*6-10H,4-5H2,1-3H3;8-10H,4-7H2,1-3H3. The van der Waals surface area contributed by atoms with Crippen LogP contribution in [0.4, 0.5) is 0 Å². The summed E-state index contributed by atoms with van der Waals surface area (Å²) in [5.74, 6) is 14.9. The second-order valence-electron chi connectivity index (χ2n) is 17.6. The van der Waals surface area contributed by atoms with Crippen LogP contribution in [0.3, 0.4) is 0 Å². The highest BCUT2D eigenvalue weighted by molar-refractivity contribution is 5.19. The van der Waals surface area contributed by atoms with Crippen LogP contribution in [0.15, 0.2) is 0 Å². The zero-order valence-electron chi connectivity index (χ0n) is 23.7. The highest BCUT2D eigenvalue weighted by Gasteiger charge is 2.70.